The Morgan fingerprint density at radius 3 is 2.62 bits per heavy atom. The first kappa shape index (κ1) is 17.6. The first-order valence-corrected chi connectivity index (χ1v) is 7.45. The molecule has 0 fully saturated rings. The number of halogens is 1. The van der Waals surface area contributed by atoms with E-state index in [2.05, 4.69) is 26.1 Å². The van der Waals surface area contributed by atoms with Crippen molar-refractivity contribution in [2.45, 2.75) is 53.0 Å². The van der Waals surface area contributed by atoms with Crippen LogP contribution in [0, 0.1) is 18.2 Å². The molecule has 1 unspecified atom stereocenters. The zero-order valence-electron chi connectivity index (χ0n) is 13.5. The van der Waals surface area contributed by atoms with Crippen molar-refractivity contribution >= 4 is 5.91 Å². The highest BCUT2D eigenvalue weighted by molar-refractivity contribution is 5.76. The molecule has 0 bridgehead atoms. The first-order valence-electron chi connectivity index (χ1n) is 7.45. The fraction of sp³-hybridized carbons (Fsp3) is 0.588. The SMILES string of the molecule is Cc1cc(F)ccc1CCNC(=O)CC(N)CC(C)(C)C. The van der Waals surface area contributed by atoms with Crippen LogP contribution in [-0.4, -0.2) is 18.5 Å². The van der Waals surface area contributed by atoms with Crippen molar-refractivity contribution in [2.24, 2.45) is 11.1 Å². The van der Waals surface area contributed by atoms with Gasteiger partial charge in [0.2, 0.25) is 5.91 Å². The van der Waals surface area contributed by atoms with Crippen LogP contribution in [0.1, 0.15) is 44.7 Å². The van der Waals surface area contributed by atoms with E-state index in [9.17, 15) is 9.18 Å². The van der Waals surface area contributed by atoms with E-state index in [0.29, 0.717) is 19.4 Å². The number of rotatable bonds is 6. The lowest BCUT2D eigenvalue weighted by Gasteiger charge is -2.22. The predicted molar refractivity (Wildman–Crippen MR) is 84.5 cm³/mol. The lowest BCUT2D eigenvalue weighted by atomic mass is 9.87. The molecule has 3 nitrogen and oxygen atoms in total. The summed E-state index contributed by atoms with van der Waals surface area (Å²) in [6.45, 7) is 8.76. The monoisotopic (exact) mass is 294 g/mol. The minimum Gasteiger partial charge on any atom is -0.356 e. The van der Waals surface area contributed by atoms with Crippen LogP contribution in [-0.2, 0) is 11.2 Å². The Morgan fingerprint density at radius 1 is 1.38 bits per heavy atom. The molecule has 0 radical (unpaired) electrons. The summed E-state index contributed by atoms with van der Waals surface area (Å²) in [5, 5.41) is 2.88. The van der Waals surface area contributed by atoms with Crippen molar-refractivity contribution in [3.05, 3.63) is 35.1 Å². The van der Waals surface area contributed by atoms with Gasteiger partial charge in [0.05, 0.1) is 0 Å². The number of hydrogen-bond acceptors (Lipinski definition) is 2. The molecule has 0 aliphatic heterocycles. The van der Waals surface area contributed by atoms with Crippen molar-refractivity contribution in [3.63, 3.8) is 0 Å². The van der Waals surface area contributed by atoms with Gasteiger partial charge in [-0.2, -0.15) is 0 Å². The van der Waals surface area contributed by atoms with Gasteiger partial charge < -0.3 is 11.1 Å². The van der Waals surface area contributed by atoms with E-state index in [1.54, 1.807) is 6.07 Å². The van der Waals surface area contributed by atoms with Gasteiger partial charge in [0.25, 0.3) is 0 Å². The highest BCUT2D eigenvalue weighted by Gasteiger charge is 2.17. The molecule has 118 valence electrons. The Balaban J connectivity index is 2.33. The Bertz CT molecular complexity index is 480. The lowest BCUT2D eigenvalue weighted by Crippen LogP contribution is -2.35. The van der Waals surface area contributed by atoms with E-state index >= 15 is 0 Å². The molecule has 0 aliphatic rings. The Morgan fingerprint density at radius 2 is 2.05 bits per heavy atom. The quantitative estimate of drug-likeness (QED) is 0.847. The van der Waals surface area contributed by atoms with Crippen LogP contribution in [0.25, 0.3) is 0 Å². The van der Waals surface area contributed by atoms with Crippen molar-refractivity contribution in [1.82, 2.24) is 5.32 Å². The van der Waals surface area contributed by atoms with Gasteiger partial charge in [-0.25, -0.2) is 4.39 Å². The Labute approximate surface area is 127 Å². The van der Waals surface area contributed by atoms with Crippen LogP contribution in [0.4, 0.5) is 4.39 Å². The van der Waals surface area contributed by atoms with Crippen LogP contribution in [0.5, 0.6) is 0 Å². The summed E-state index contributed by atoms with van der Waals surface area (Å²) >= 11 is 0. The second-order valence-corrected chi connectivity index (χ2v) is 6.90. The van der Waals surface area contributed by atoms with Crippen LogP contribution in [0.15, 0.2) is 18.2 Å². The molecule has 1 aromatic rings. The van der Waals surface area contributed by atoms with E-state index in [1.165, 1.54) is 12.1 Å². The molecule has 0 heterocycles. The standard InChI is InChI=1S/C17H27FN2O/c1-12-9-14(18)6-5-13(12)7-8-20-16(21)10-15(19)11-17(2,3)4/h5-6,9,15H,7-8,10-11,19H2,1-4H3,(H,20,21). The molecular weight excluding hydrogens is 267 g/mol. The molecule has 1 amide bonds. The smallest absolute Gasteiger partial charge is 0.221 e. The van der Waals surface area contributed by atoms with Gasteiger partial charge in [-0.1, -0.05) is 26.8 Å². The molecule has 3 N–H and O–H groups in total. The number of hydrogen-bond donors (Lipinski definition) is 2. The molecule has 21 heavy (non-hydrogen) atoms. The second kappa shape index (κ2) is 7.55. The highest BCUT2D eigenvalue weighted by atomic mass is 19.1. The summed E-state index contributed by atoms with van der Waals surface area (Å²) in [6.07, 6.45) is 1.86. The number of amides is 1. The topological polar surface area (TPSA) is 55.1 Å². The van der Waals surface area contributed by atoms with Crippen LogP contribution in [0.2, 0.25) is 0 Å². The summed E-state index contributed by atoms with van der Waals surface area (Å²) in [4.78, 5) is 11.8. The number of aryl methyl sites for hydroxylation is 1. The second-order valence-electron chi connectivity index (χ2n) is 6.90. The van der Waals surface area contributed by atoms with E-state index in [4.69, 9.17) is 5.73 Å². The minimum atomic E-state index is -0.228. The summed E-state index contributed by atoms with van der Waals surface area (Å²) in [7, 11) is 0. The zero-order chi connectivity index (χ0) is 16.0. The van der Waals surface area contributed by atoms with Crippen molar-refractivity contribution in [3.8, 4) is 0 Å². The number of benzene rings is 1. The van der Waals surface area contributed by atoms with Gasteiger partial charge in [0, 0.05) is 19.0 Å². The van der Waals surface area contributed by atoms with Gasteiger partial charge >= 0.3 is 0 Å². The number of nitrogens with one attached hydrogen (secondary N) is 1. The molecule has 1 aromatic carbocycles. The maximum Gasteiger partial charge on any atom is 0.221 e. The maximum absolute atomic E-state index is 13.0. The average molecular weight is 294 g/mol. The summed E-state index contributed by atoms with van der Waals surface area (Å²) in [6, 6.07) is 4.61. The third-order valence-electron chi connectivity index (χ3n) is 3.34. The third-order valence-corrected chi connectivity index (χ3v) is 3.34. The van der Waals surface area contributed by atoms with Gasteiger partial charge in [-0.15, -0.1) is 0 Å². The molecule has 1 rings (SSSR count). The molecule has 4 heteroatoms. The maximum atomic E-state index is 13.0. The van der Waals surface area contributed by atoms with Crippen molar-refractivity contribution < 1.29 is 9.18 Å². The van der Waals surface area contributed by atoms with E-state index in [0.717, 1.165) is 17.5 Å². The molecule has 0 aromatic heterocycles. The number of nitrogens with two attached hydrogens (primary N) is 1. The molecule has 0 spiro atoms. The lowest BCUT2D eigenvalue weighted by molar-refractivity contribution is -0.121. The number of carbonyl (C=O) groups is 1. The first-order chi connectivity index (χ1) is 9.67. The molecular formula is C17H27FN2O. The fourth-order valence-corrected chi connectivity index (χ4v) is 2.45. The minimum absolute atomic E-state index is 0.0217. The molecule has 0 saturated carbocycles. The molecule has 0 saturated heterocycles. The van der Waals surface area contributed by atoms with E-state index in [-0.39, 0.29) is 23.2 Å². The predicted octanol–water partition coefficient (Wildman–Crippen LogP) is 2.95. The van der Waals surface area contributed by atoms with Crippen molar-refractivity contribution in [1.29, 1.82) is 0 Å². The van der Waals surface area contributed by atoms with Gasteiger partial charge in [-0.3, -0.25) is 4.79 Å². The zero-order valence-corrected chi connectivity index (χ0v) is 13.5. The van der Waals surface area contributed by atoms with E-state index < -0.39 is 0 Å². The van der Waals surface area contributed by atoms with Gasteiger partial charge in [0.15, 0.2) is 0 Å². The van der Waals surface area contributed by atoms with Gasteiger partial charge in [-0.05, 0) is 48.4 Å². The molecule has 1 atom stereocenters. The van der Waals surface area contributed by atoms with Crippen molar-refractivity contribution in [2.75, 3.05) is 6.54 Å². The molecule has 0 aliphatic carbocycles. The largest absolute Gasteiger partial charge is 0.356 e. The van der Waals surface area contributed by atoms with E-state index in [1.807, 2.05) is 6.92 Å². The van der Waals surface area contributed by atoms with Crippen LogP contribution >= 0.6 is 0 Å². The normalized spacial score (nSPS) is 13.0. The van der Waals surface area contributed by atoms with Gasteiger partial charge in [0.1, 0.15) is 5.82 Å². The Hall–Kier alpha value is -1.42. The van der Waals surface area contributed by atoms with Crippen LogP contribution < -0.4 is 11.1 Å². The summed E-state index contributed by atoms with van der Waals surface area (Å²) < 4.78 is 13.0. The number of carbonyl (C=O) groups excluding carboxylic acids is 1. The summed E-state index contributed by atoms with van der Waals surface area (Å²) in [5.41, 5.74) is 8.07. The highest BCUT2D eigenvalue weighted by Crippen LogP contribution is 2.20. The Kier molecular flexibility index (Phi) is 6.34. The average Bonchev–Trinajstić information content (AvgIpc) is 2.29. The third kappa shape index (κ3) is 7.23. The van der Waals surface area contributed by atoms with Crippen LogP contribution in [0.3, 0.4) is 0 Å². The fourth-order valence-electron chi connectivity index (χ4n) is 2.45. The summed E-state index contributed by atoms with van der Waals surface area (Å²) in [5.74, 6) is -0.250.